The minimum atomic E-state index is -0.312. The molecule has 0 fully saturated rings. The Balaban J connectivity index is 2.07. The summed E-state index contributed by atoms with van der Waals surface area (Å²) >= 11 is 5.39. The molecule has 0 aliphatic heterocycles. The Labute approximate surface area is 122 Å². The second kappa shape index (κ2) is 7.31. The fourth-order valence-corrected chi connectivity index (χ4v) is 1.57. The highest BCUT2D eigenvalue weighted by atomic mass is 35.5. The van der Waals surface area contributed by atoms with Crippen LogP contribution in [0.3, 0.4) is 0 Å². The summed E-state index contributed by atoms with van der Waals surface area (Å²) in [6.45, 7) is 0.390. The maximum Gasteiger partial charge on any atom is 0.202 e. The Morgan fingerprint density at radius 2 is 1.90 bits per heavy atom. The molecule has 0 saturated heterocycles. The average Bonchev–Trinajstić information content (AvgIpc) is 2.49. The second-order valence-corrected chi connectivity index (χ2v) is 4.11. The van der Waals surface area contributed by atoms with E-state index in [9.17, 15) is 5.11 Å². The zero-order chi connectivity index (χ0) is 14.2. The third kappa shape index (κ3) is 4.10. The quantitative estimate of drug-likeness (QED) is 0.477. The minimum absolute atomic E-state index is 0.312. The summed E-state index contributed by atoms with van der Waals surface area (Å²) in [5.74, 6) is 0.358. The minimum Gasteiger partial charge on any atom is -0.854 e. The third-order valence-corrected chi connectivity index (χ3v) is 2.62. The summed E-state index contributed by atoms with van der Waals surface area (Å²) in [6.07, 6.45) is 5.09. The van der Waals surface area contributed by atoms with Crippen LogP contribution >= 0.6 is 11.6 Å². The normalized spacial score (nSPS) is 11.8. The van der Waals surface area contributed by atoms with Gasteiger partial charge in [-0.3, -0.25) is 0 Å². The number of benzene rings is 1. The summed E-state index contributed by atoms with van der Waals surface area (Å²) in [5, 5.41) is 15.9. The Morgan fingerprint density at radius 3 is 2.55 bits per heavy atom. The van der Waals surface area contributed by atoms with E-state index in [1.165, 1.54) is 10.2 Å². The highest BCUT2D eigenvalue weighted by molar-refractivity contribution is 6.25. The molecule has 0 aliphatic carbocycles. The summed E-state index contributed by atoms with van der Waals surface area (Å²) < 4.78 is 6.85. The lowest BCUT2D eigenvalue weighted by Gasteiger charge is -2.08. The van der Waals surface area contributed by atoms with Gasteiger partial charge in [-0.1, -0.05) is 34.5 Å². The predicted octanol–water partition coefficient (Wildman–Crippen LogP) is 1.68. The van der Waals surface area contributed by atoms with Gasteiger partial charge in [0, 0.05) is 17.7 Å². The molecule has 5 heteroatoms. The second-order valence-electron chi connectivity index (χ2n) is 3.86. The van der Waals surface area contributed by atoms with Gasteiger partial charge in [-0.05, 0) is 28.9 Å². The van der Waals surface area contributed by atoms with Crippen molar-refractivity contribution in [2.24, 2.45) is 5.10 Å². The van der Waals surface area contributed by atoms with Crippen LogP contribution in [0.5, 0.6) is 5.75 Å². The van der Waals surface area contributed by atoms with Gasteiger partial charge in [-0.2, -0.15) is 0 Å². The molecule has 0 radical (unpaired) electrons. The van der Waals surface area contributed by atoms with Gasteiger partial charge in [0.25, 0.3) is 0 Å². The molecule has 0 unspecified atom stereocenters. The highest BCUT2D eigenvalue weighted by Crippen LogP contribution is 2.11. The van der Waals surface area contributed by atoms with Gasteiger partial charge < -0.3 is 9.84 Å². The third-order valence-electron chi connectivity index (χ3n) is 2.44. The van der Waals surface area contributed by atoms with E-state index in [2.05, 4.69) is 5.10 Å². The lowest BCUT2D eigenvalue weighted by Crippen LogP contribution is -2.33. The molecule has 0 spiro atoms. The SMILES string of the molecule is [O-]C(=N[n+]1ccccc1)c1ccc(OC/C=C\Cl)cc1. The smallest absolute Gasteiger partial charge is 0.202 e. The fraction of sp³-hybridized carbons (Fsp3) is 0.0667. The van der Waals surface area contributed by atoms with E-state index in [0.717, 1.165) is 0 Å². The van der Waals surface area contributed by atoms with E-state index in [4.69, 9.17) is 16.3 Å². The first kappa shape index (κ1) is 14.1. The summed E-state index contributed by atoms with van der Waals surface area (Å²) in [5.41, 5.74) is 1.90. The molecule has 2 aromatic rings. The molecule has 1 heterocycles. The molecule has 0 bridgehead atoms. The van der Waals surface area contributed by atoms with Crippen molar-refractivity contribution in [2.45, 2.75) is 0 Å². The zero-order valence-corrected chi connectivity index (χ0v) is 11.4. The van der Waals surface area contributed by atoms with E-state index >= 15 is 0 Å². The van der Waals surface area contributed by atoms with Crippen LogP contribution in [0.25, 0.3) is 0 Å². The summed E-state index contributed by atoms with van der Waals surface area (Å²) in [6, 6.07) is 12.3. The van der Waals surface area contributed by atoms with E-state index in [1.54, 1.807) is 54.9 Å². The number of aromatic nitrogens is 1. The molecule has 0 aliphatic rings. The number of ether oxygens (including phenoxy) is 1. The van der Waals surface area contributed by atoms with Crippen molar-refractivity contribution in [2.75, 3.05) is 6.61 Å². The monoisotopic (exact) mass is 288 g/mol. The molecule has 0 atom stereocenters. The summed E-state index contributed by atoms with van der Waals surface area (Å²) in [7, 11) is 0. The first-order valence-corrected chi connectivity index (χ1v) is 6.44. The molecular weight excluding hydrogens is 276 g/mol. The van der Waals surface area contributed by atoms with Crippen LogP contribution in [0, 0.1) is 0 Å². The van der Waals surface area contributed by atoms with Gasteiger partial charge in [0.1, 0.15) is 12.4 Å². The summed E-state index contributed by atoms with van der Waals surface area (Å²) in [4.78, 5) is 0. The average molecular weight is 289 g/mol. The number of rotatable bonds is 5. The molecular formula is C15H13ClN2O2. The van der Waals surface area contributed by atoms with Crippen molar-refractivity contribution in [3.8, 4) is 5.75 Å². The van der Waals surface area contributed by atoms with E-state index in [-0.39, 0.29) is 5.90 Å². The topological polar surface area (TPSA) is 48.5 Å². The number of hydrogen-bond acceptors (Lipinski definition) is 3. The van der Waals surface area contributed by atoms with Gasteiger partial charge in [0.15, 0.2) is 0 Å². The van der Waals surface area contributed by atoms with Gasteiger partial charge in [0.05, 0.1) is 5.90 Å². The van der Waals surface area contributed by atoms with Crippen LogP contribution in [0.1, 0.15) is 5.56 Å². The van der Waals surface area contributed by atoms with Crippen LogP contribution in [-0.4, -0.2) is 12.5 Å². The van der Waals surface area contributed by atoms with Gasteiger partial charge in [0.2, 0.25) is 12.4 Å². The van der Waals surface area contributed by atoms with E-state index in [1.807, 2.05) is 6.07 Å². The maximum absolute atomic E-state index is 11.9. The number of nitrogens with zero attached hydrogens (tertiary/aromatic N) is 2. The van der Waals surface area contributed by atoms with E-state index < -0.39 is 0 Å². The van der Waals surface area contributed by atoms with Crippen LogP contribution in [0.2, 0.25) is 0 Å². The van der Waals surface area contributed by atoms with Gasteiger partial charge in [-0.25, -0.2) is 0 Å². The molecule has 2 rings (SSSR count). The molecule has 0 saturated carbocycles. The Hall–Kier alpha value is -2.33. The number of halogens is 1. The van der Waals surface area contributed by atoms with Crippen molar-refractivity contribution >= 4 is 17.5 Å². The van der Waals surface area contributed by atoms with Gasteiger partial charge in [-0.15, -0.1) is 0 Å². The van der Waals surface area contributed by atoms with Crippen LogP contribution in [-0.2, 0) is 0 Å². The predicted molar refractivity (Wildman–Crippen MR) is 75.5 cm³/mol. The van der Waals surface area contributed by atoms with Crippen LogP contribution < -0.4 is 14.5 Å². The van der Waals surface area contributed by atoms with Gasteiger partial charge >= 0.3 is 0 Å². The molecule has 0 amide bonds. The maximum atomic E-state index is 11.9. The largest absolute Gasteiger partial charge is 0.854 e. The molecule has 0 N–H and O–H groups in total. The zero-order valence-electron chi connectivity index (χ0n) is 10.6. The lowest BCUT2D eigenvalue weighted by molar-refractivity contribution is -0.681. The van der Waals surface area contributed by atoms with Crippen molar-refractivity contribution in [1.29, 1.82) is 0 Å². The fourth-order valence-electron chi connectivity index (χ4n) is 1.49. The van der Waals surface area contributed by atoms with Crippen LogP contribution in [0.15, 0.2) is 71.6 Å². The first-order valence-electron chi connectivity index (χ1n) is 6.00. The Bertz CT molecular complexity index is 595. The van der Waals surface area contributed by atoms with Crippen molar-refractivity contribution in [1.82, 2.24) is 0 Å². The molecule has 4 nitrogen and oxygen atoms in total. The number of hydrogen-bond donors (Lipinski definition) is 0. The molecule has 102 valence electrons. The van der Waals surface area contributed by atoms with Crippen molar-refractivity contribution < 1.29 is 14.5 Å². The highest BCUT2D eigenvalue weighted by Gasteiger charge is 1.99. The van der Waals surface area contributed by atoms with Crippen molar-refractivity contribution in [3.63, 3.8) is 0 Å². The van der Waals surface area contributed by atoms with E-state index in [0.29, 0.717) is 17.9 Å². The first-order chi connectivity index (χ1) is 9.79. The Kier molecular flexibility index (Phi) is 5.15. The molecule has 1 aromatic heterocycles. The molecule has 1 aromatic carbocycles. The van der Waals surface area contributed by atoms with Crippen LogP contribution in [0.4, 0.5) is 0 Å². The Morgan fingerprint density at radius 1 is 1.20 bits per heavy atom. The lowest BCUT2D eigenvalue weighted by atomic mass is 10.2. The standard InChI is InChI=1S/C15H13ClN2O2/c16-9-4-12-20-14-7-5-13(6-8-14)15(19)17-18-10-2-1-3-11-18/h1-11H,12H2/b9-4-. The molecule has 20 heavy (non-hydrogen) atoms. The number of pyridine rings is 1. The van der Waals surface area contributed by atoms with Crippen molar-refractivity contribution in [3.05, 3.63) is 72.0 Å².